The zero-order valence-corrected chi connectivity index (χ0v) is 12.6. The fourth-order valence-corrected chi connectivity index (χ4v) is 3.10. The molecule has 1 aliphatic rings. The average molecular weight is 287 g/mol. The van der Waals surface area contributed by atoms with E-state index in [1.54, 1.807) is 0 Å². The zero-order chi connectivity index (χ0) is 14.8. The summed E-state index contributed by atoms with van der Waals surface area (Å²) in [5.41, 5.74) is 2.27. The number of likely N-dealkylation sites (tertiary alicyclic amines) is 1. The van der Waals surface area contributed by atoms with Gasteiger partial charge in [0, 0.05) is 25.0 Å². The van der Waals surface area contributed by atoms with Gasteiger partial charge in [-0.15, -0.1) is 0 Å². The van der Waals surface area contributed by atoms with Crippen molar-refractivity contribution >= 4 is 16.9 Å². The van der Waals surface area contributed by atoms with Crippen LogP contribution in [-0.2, 0) is 22.6 Å². The highest BCUT2D eigenvalue weighted by Crippen LogP contribution is 2.23. The number of aryl methyl sites for hydroxylation is 1. The van der Waals surface area contributed by atoms with E-state index in [1.807, 2.05) is 10.7 Å². The second-order valence-corrected chi connectivity index (χ2v) is 5.52. The fourth-order valence-electron chi connectivity index (χ4n) is 3.10. The van der Waals surface area contributed by atoms with Crippen molar-refractivity contribution in [3.8, 4) is 0 Å². The van der Waals surface area contributed by atoms with Crippen LogP contribution in [0.2, 0.25) is 0 Å². The van der Waals surface area contributed by atoms with E-state index in [2.05, 4.69) is 30.0 Å². The maximum Gasteiger partial charge on any atom is 0.310 e. The van der Waals surface area contributed by atoms with Crippen molar-refractivity contribution in [3.05, 3.63) is 30.0 Å². The van der Waals surface area contributed by atoms with Gasteiger partial charge in [-0.3, -0.25) is 14.4 Å². The third kappa shape index (κ3) is 2.65. The third-order valence-corrected chi connectivity index (χ3v) is 4.21. The lowest BCUT2D eigenvalue weighted by atomic mass is 10.1. The smallest absolute Gasteiger partial charge is 0.310 e. The van der Waals surface area contributed by atoms with Crippen LogP contribution >= 0.6 is 0 Å². The average Bonchev–Trinajstić information content (AvgIpc) is 3.12. The first-order valence-electron chi connectivity index (χ1n) is 7.47. The molecule has 0 aliphatic carbocycles. The number of benzene rings is 1. The second kappa shape index (κ2) is 5.85. The molecule has 3 rings (SSSR count). The Hall–Kier alpha value is -1.88. The molecule has 0 saturated carbocycles. The van der Waals surface area contributed by atoms with Gasteiger partial charge < -0.3 is 4.74 Å². The fraction of sp³-hybridized carbons (Fsp3) is 0.500. The lowest BCUT2D eigenvalue weighted by Crippen LogP contribution is -2.24. The van der Waals surface area contributed by atoms with E-state index in [9.17, 15) is 4.79 Å². The molecule has 112 valence electrons. The Morgan fingerprint density at radius 3 is 3.00 bits per heavy atom. The van der Waals surface area contributed by atoms with Crippen LogP contribution in [0, 0.1) is 5.92 Å². The van der Waals surface area contributed by atoms with E-state index in [0.717, 1.165) is 38.3 Å². The lowest BCUT2D eigenvalue weighted by Gasteiger charge is -2.14. The maximum atomic E-state index is 11.6. The Labute approximate surface area is 124 Å². The van der Waals surface area contributed by atoms with Crippen LogP contribution in [0.25, 0.3) is 10.9 Å². The molecule has 1 saturated heterocycles. The zero-order valence-electron chi connectivity index (χ0n) is 12.6. The van der Waals surface area contributed by atoms with Crippen molar-refractivity contribution in [1.82, 2.24) is 14.7 Å². The van der Waals surface area contributed by atoms with Gasteiger partial charge in [-0.2, -0.15) is 5.10 Å². The number of para-hydroxylation sites is 1. The normalized spacial score (nSPS) is 19.2. The molecule has 2 heterocycles. The molecule has 5 nitrogen and oxygen atoms in total. The molecule has 0 bridgehead atoms. The minimum atomic E-state index is -0.0959. The molecule has 0 N–H and O–H groups in total. The van der Waals surface area contributed by atoms with E-state index in [4.69, 9.17) is 9.84 Å². The van der Waals surface area contributed by atoms with Crippen molar-refractivity contribution in [2.45, 2.75) is 26.4 Å². The number of fused-ring (bicyclic) bond motifs is 1. The number of aromatic nitrogens is 2. The van der Waals surface area contributed by atoms with Crippen LogP contribution in [-0.4, -0.2) is 40.8 Å². The second-order valence-electron chi connectivity index (χ2n) is 5.52. The molecule has 21 heavy (non-hydrogen) atoms. The van der Waals surface area contributed by atoms with Crippen LogP contribution in [0.15, 0.2) is 24.3 Å². The number of carbonyl (C=O) groups is 1. The van der Waals surface area contributed by atoms with Gasteiger partial charge in [-0.1, -0.05) is 18.2 Å². The van der Waals surface area contributed by atoms with Gasteiger partial charge in [0.25, 0.3) is 0 Å². The standard InChI is InChI=1S/C16H21N3O2/c1-3-19-15-7-5-4-6-13(15)14(17-19)11-18-9-8-12(10-18)16(20)21-2/h4-7,12H,3,8-11H2,1-2H3. The van der Waals surface area contributed by atoms with Crippen molar-refractivity contribution < 1.29 is 9.53 Å². The van der Waals surface area contributed by atoms with E-state index < -0.39 is 0 Å². The van der Waals surface area contributed by atoms with Gasteiger partial charge in [0.05, 0.1) is 24.2 Å². The van der Waals surface area contributed by atoms with Gasteiger partial charge in [0.15, 0.2) is 0 Å². The molecule has 5 heteroatoms. The predicted molar refractivity (Wildman–Crippen MR) is 80.8 cm³/mol. The molecule has 0 amide bonds. The molecule has 1 aromatic carbocycles. The van der Waals surface area contributed by atoms with Crippen LogP contribution in [0.4, 0.5) is 0 Å². The highest BCUT2D eigenvalue weighted by Gasteiger charge is 2.29. The monoisotopic (exact) mass is 287 g/mol. The number of hydrogen-bond acceptors (Lipinski definition) is 4. The van der Waals surface area contributed by atoms with Crippen molar-refractivity contribution in [2.24, 2.45) is 5.92 Å². The summed E-state index contributed by atoms with van der Waals surface area (Å²) < 4.78 is 6.88. The number of nitrogens with zero attached hydrogens (tertiary/aromatic N) is 3. The van der Waals surface area contributed by atoms with E-state index in [-0.39, 0.29) is 11.9 Å². The summed E-state index contributed by atoms with van der Waals surface area (Å²) in [6, 6.07) is 8.33. The summed E-state index contributed by atoms with van der Waals surface area (Å²) in [5, 5.41) is 5.93. The summed E-state index contributed by atoms with van der Waals surface area (Å²) in [7, 11) is 1.46. The molecular formula is C16H21N3O2. The Kier molecular flexibility index (Phi) is 3.92. The first-order chi connectivity index (χ1) is 10.2. The molecule has 0 radical (unpaired) electrons. The molecule has 1 aromatic heterocycles. The largest absolute Gasteiger partial charge is 0.469 e. The molecule has 1 fully saturated rings. The number of methoxy groups -OCH3 is 1. The Bertz CT molecular complexity index is 650. The summed E-state index contributed by atoms with van der Waals surface area (Å²) in [4.78, 5) is 13.9. The van der Waals surface area contributed by atoms with Crippen molar-refractivity contribution in [2.75, 3.05) is 20.2 Å². The summed E-state index contributed by atoms with van der Waals surface area (Å²) in [5.74, 6) is -0.0871. The molecule has 0 spiro atoms. The van der Waals surface area contributed by atoms with Gasteiger partial charge in [0.1, 0.15) is 0 Å². The molecule has 1 atom stereocenters. The van der Waals surface area contributed by atoms with E-state index in [0.29, 0.717) is 0 Å². The van der Waals surface area contributed by atoms with E-state index in [1.165, 1.54) is 18.0 Å². The van der Waals surface area contributed by atoms with Gasteiger partial charge in [0.2, 0.25) is 0 Å². The van der Waals surface area contributed by atoms with Crippen LogP contribution < -0.4 is 0 Å². The quantitative estimate of drug-likeness (QED) is 0.808. The highest BCUT2D eigenvalue weighted by atomic mass is 16.5. The molecular weight excluding hydrogens is 266 g/mol. The predicted octanol–water partition coefficient (Wildman–Crippen LogP) is 2.05. The van der Waals surface area contributed by atoms with Gasteiger partial charge in [-0.05, 0) is 26.0 Å². The molecule has 1 aliphatic heterocycles. The van der Waals surface area contributed by atoms with Gasteiger partial charge in [-0.25, -0.2) is 0 Å². The number of carbonyl (C=O) groups excluding carboxylic acids is 1. The minimum Gasteiger partial charge on any atom is -0.469 e. The van der Waals surface area contributed by atoms with Crippen LogP contribution in [0.5, 0.6) is 0 Å². The third-order valence-electron chi connectivity index (χ3n) is 4.21. The first-order valence-corrected chi connectivity index (χ1v) is 7.47. The first kappa shape index (κ1) is 14.1. The topological polar surface area (TPSA) is 47.4 Å². The maximum absolute atomic E-state index is 11.6. The molecule has 1 unspecified atom stereocenters. The number of esters is 1. The minimum absolute atomic E-state index is 0.00882. The van der Waals surface area contributed by atoms with Crippen LogP contribution in [0.1, 0.15) is 19.0 Å². The number of hydrogen-bond donors (Lipinski definition) is 0. The summed E-state index contributed by atoms with van der Waals surface area (Å²) >= 11 is 0. The summed E-state index contributed by atoms with van der Waals surface area (Å²) in [6.45, 7) is 5.45. The van der Waals surface area contributed by atoms with Gasteiger partial charge >= 0.3 is 5.97 Å². The SMILES string of the molecule is CCn1nc(CN2CCC(C(=O)OC)C2)c2ccccc21. The summed E-state index contributed by atoms with van der Waals surface area (Å²) in [6.07, 6.45) is 0.874. The number of rotatable bonds is 4. The van der Waals surface area contributed by atoms with Crippen molar-refractivity contribution in [1.29, 1.82) is 0 Å². The highest BCUT2D eigenvalue weighted by molar-refractivity contribution is 5.82. The molecule has 2 aromatic rings. The number of ether oxygens (including phenoxy) is 1. The Balaban J connectivity index is 1.78. The Morgan fingerprint density at radius 1 is 1.43 bits per heavy atom. The van der Waals surface area contributed by atoms with Crippen LogP contribution in [0.3, 0.4) is 0 Å². The van der Waals surface area contributed by atoms with E-state index >= 15 is 0 Å². The van der Waals surface area contributed by atoms with Crippen molar-refractivity contribution in [3.63, 3.8) is 0 Å². The lowest BCUT2D eigenvalue weighted by molar-refractivity contribution is -0.144. The Morgan fingerprint density at radius 2 is 2.24 bits per heavy atom.